The highest BCUT2D eigenvalue weighted by atomic mass is 15.1. The van der Waals surface area contributed by atoms with Gasteiger partial charge in [0.25, 0.3) is 0 Å². The fourth-order valence-corrected chi connectivity index (χ4v) is 13.2. The SMILES string of the molecule is CCc1ccc2nc3c(CNC(C)CCC(N)C(C)C)cc4ccn(CCC5CCC(C6CCC(CCN7C=c8c(cc(CNCCC(C)CC)c9[nH]c%10ccc(C)cc%10c89)=CC7)CC6)CC5)cc4c3c2c1. The van der Waals surface area contributed by atoms with Gasteiger partial charge in [0.1, 0.15) is 0 Å². The van der Waals surface area contributed by atoms with Crippen LogP contribution in [0.5, 0.6) is 0 Å². The molecule has 3 atom stereocenters. The minimum Gasteiger partial charge on any atom is -0.373 e. The van der Waals surface area contributed by atoms with Crippen molar-refractivity contribution in [2.45, 2.75) is 176 Å². The molecule has 0 saturated heterocycles. The Labute approximate surface area is 431 Å². The molecule has 2 saturated carbocycles. The molecule has 4 aromatic carbocycles. The van der Waals surface area contributed by atoms with Gasteiger partial charge in [0.05, 0.1) is 16.6 Å². The van der Waals surface area contributed by atoms with Gasteiger partial charge in [0, 0.05) is 101 Å². The predicted octanol–water partition coefficient (Wildman–Crippen LogP) is 13.5. The lowest BCUT2D eigenvalue weighted by Gasteiger charge is -2.38. The van der Waals surface area contributed by atoms with Crippen LogP contribution in [0.2, 0.25) is 0 Å². The standard InChI is InChI=1S/C65H89N7/c1-8-43(5)24-29-67-38-53-36-51-27-32-71(40-57(51)62-55-34-44(6)10-22-60(55)69-64(53)62)30-25-47-12-17-49(18-13-47)50-19-14-48(15-20-50)26-31-72-33-28-52-37-54(39-68-45(7)11-21-59(66)42(3)4)65-63(58(52)41-72)56-35-46(9-2)16-23-61(56)70-65/h10,16,22-23,27-28,33-37,40-43,45,47-50,59,67-69H,8-9,11-15,17-21,24-26,29-32,38-39,66H2,1-7H3. The van der Waals surface area contributed by atoms with E-state index in [9.17, 15) is 0 Å². The van der Waals surface area contributed by atoms with Crippen molar-refractivity contribution < 1.29 is 0 Å². The lowest BCUT2D eigenvalue weighted by molar-refractivity contribution is 0.138. The minimum absolute atomic E-state index is 0.254. The second-order valence-electron chi connectivity index (χ2n) is 23.9. The minimum atomic E-state index is 0.254. The van der Waals surface area contributed by atoms with E-state index in [-0.39, 0.29) is 6.04 Å². The summed E-state index contributed by atoms with van der Waals surface area (Å²) in [6.45, 7) is 21.9. The highest BCUT2D eigenvalue weighted by molar-refractivity contribution is 6.21. The summed E-state index contributed by atoms with van der Waals surface area (Å²) in [5, 5.41) is 18.5. The van der Waals surface area contributed by atoms with Crippen molar-refractivity contribution in [3.63, 3.8) is 0 Å². The van der Waals surface area contributed by atoms with E-state index in [0.717, 1.165) is 99.2 Å². The molecule has 72 heavy (non-hydrogen) atoms. The van der Waals surface area contributed by atoms with E-state index >= 15 is 0 Å². The fourth-order valence-electron chi connectivity index (χ4n) is 13.2. The largest absolute Gasteiger partial charge is 0.373 e. The summed E-state index contributed by atoms with van der Waals surface area (Å²) in [5.41, 5.74) is 16.6. The van der Waals surface area contributed by atoms with Gasteiger partial charge in [-0.25, -0.2) is 4.98 Å². The Morgan fingerprint density at radius 1 is 0.764 bits per heavy atom. The van der Waals surface area contributed by atoms with E-state index in [1.165, 1.54) is 153 Å². The van der Waals surface area contributed by atoms with Crippen LogP contribution >= 0.6 is 0 Å². The maximum atomic E-state index is 6.41. The first kappa shape index (κ1) is 50.8. The van der Waals surface area contributed by atoms with Crippen molar-refractivity contribution >= 4 is 66.7 Å². The molecule has 10 rings (SSSR count). The molecular weight excluding hydrogens is 879 g/mol. The Morgan fingerprint density at radius 2 is 1.53 bits per heavy atom. The van der Waals surface area contributed by atoms with Gasteiger partial charge in [-0.1, -0.05) is 90.5 Å². The van der Waals surface area contributed by atoms with Crippen LogP contribution in [-0.4, -0.2) is 51.2 Å². The second-order valence-corrected chi connectivity index (χ2v) is 23.9. The third-order valence-electron chi connectivity index (χ3n) is 18.5. The third-order valence-corrected chi connectivity index (χ3v) is 18.5. The number of rotatable bonds is 21. The quantitative estimate of drug-likeness (QED) is 0.0539. The summed E-state index contributed by atoms with van der Waals surface area (Å²) in [6, 6.07) is 21.7. The predicted molar refractivity (Wildman–Crippen MR) is 309 cm³/mol. The van der Waals surface area contributed by atoms with Crippen LogP contribution in [0.3, 0.4) is 0 Å². The molecule has 0 radical (unpaired) electrons. The monoisotopic (exact) mass is 968 g/mol. The normalized spacial score (nSPS) is 20.9. The van der Waals surface area contributed by atoms with Crippen molar-refractivity contribution in [2.24, 2.45) is 41.2 Å². The maximum Gasteiger partial charge on any atom is 0.0768 e. The Bertz CT molecular complexity index is 3090. The van der Waals surface area contributed by atoms with E-state index in [4.69, 9.17) is 10.7 Å². The molecule has 7 heteroatoms. The molecule has 2 fully saturated rings. The summed E-state index contributed by atoms with van der Waals surface area (Å²) >= 11 is 0. The molecule has 7 nitrogen and oxygen atoms in total. The fraction of sp³-hybridized carbons (Fsp3) is 0.554. The van der Waals surface area contributed by atoms with Crippen molar-refractivity contribution in [3.8, 4) is 0 Å². The Kier molecular flexibility index (Phi) is 16.1. The number of fused-ring (bicyclic) bond motifs is 10. The van der Waals surface area contributed by atoms with Gasteiger partial charge in [-0.05, 0) is 190 Å². The van der Waals surface area contributed by atoms with Crippen LogP contribution in [0.25, 0.3) is 66.7 Å². The van der Waals surface area contributed by atoms with Crippen molar-refractivity contribution in [1.82, 2.24) is 30.1 Å². The van der Waals surface area contributed by atoms with Crippen LogP contribution in [0, 0.1) is 42.4 Å². The lowest BCUT2D eigenvalue weighted by atomic mass is 9.68. The molecule has 3 aromatic heterocycles. The van der Waals surface area contributed by atoms with E-state index < -0.39 is 0 Å². The number of hydrogen-bond acceptors (Lipinski definition) is 5. The zero-order valence-electron chi connectivity index (χ0n) is 45.4. The van der Waals surface area contributed by atoms with Crippen LogP contribution in [-0.2, 0) is 26.1 Å². The molecule has 384 valence electrons. The summed E-state index contributed by atoms with van der Waals surface area (Å²) in [5.74, 6) is 4.84. The molecular formula is C65H89N7. The molecule has 2 aliphatic carbocycles. The topological polar surface area (TPSA) is 86.9 Å². The Hall–Kier alpha value is -4.69. The van der Waals surface area contributed by atoms with Crippen molar-refractivity contribution in [2.75, 3.05) is 19.6 Å². The average molecular weight is 968 g/mol. The van der Waals surface area contributed by atoms with Crippen molar-refractivity contribution in [3.05, 3.63) is 99.7 Å². The van der Waals surface area contributed by atoms with Crippen LogP contribution < -0.4 is 26.8 Å². The van der Waals surface area contributed by atoms with Gasteiger partial charge < -0.3 is 30.8 Å². The van der Waals surface area contributed by atoms with Gasteiger partial charge >= 0.3 is 0 Å². The van der Waals surface area contributed by atoms with Crippen molar-refractivity contribution in [1.29, 1.82) is 0 Å². The lowest BCUT2D eigenvalue weighted by Crippen LogP contribution is -2.37. The number of H-pyrrole nitrogens is 1. The number of aryl methyl sites for hydroxylation is 3. The first-order chi connectivity index (χ1) is 35.0. The molecule has 3 unspecified atom stereocenters. The van der Waals surface area contributed by atoms with Gasteiger partial charge in [-0.3, -0.25) is 0 Å². The van der Waals surface area contributed by atoms with E-state index in [1.807, 2.05) is 0 Å². The smallest absolute Gasteiger partial charge is 0.0768 e. The molecule has 0 bridgehead atoms. The van der Waals surface area contributed by atoms with E-state index in [1.54, 1.807) is 0 Å². The highest BCUT2D eigenvalue weighted by Crippen LogP contribution is 2.43. The first-order valence-electron chi connectivity index (χ1n) is 29.0. The zero-order valence-corrected chi connectivity index (χ0v) is 45.4. The molecule has 1 aliphatic heterocycles. The second kappa shape index (κ2) is 22.8. The average Bonchev–Trinajstić information content (AvgIpc) is 3.99. The Morgan fingerprint density at radius 3 is 2.26 bits per heavy atom. The van der Waals surface area contributed by atoms with Gasteiger partial charge in [-0.2, -0.15) is 0 Å². The molecule has 3 aliphatic rings. The molecule has 0 spiro atoms. The van der Waals surface area contributed by atoms with Crippen LogP contribution in [0.1, 0.15) is 154 Å². The third kappa shape index (κ3) is 11.3. The van der Waals surface area contributed by atoms with E-state index in [0.29, 0.717) is 12.0 Å². The molecule has 0 amide bonds. The van der Waals surface area contributed by atoms with Gasteiger partial charge in [-0.15, -0.1) is 0 Å². The van der Waals surface area contributed by atoms with Gasteiger partial charge in [0.2, 0.25) is 0 Å². The highest BCUT2D eigenvalue weighted by Gasteiger charge is 2.31. The number of nitrogens with one attached hydrogen (secondary N) is 3. The van der Waals surface area contributed by atoms with Gasteiger partial charge in [0.15, 0.2) is 0 Å². The number of aromatic nitrogens is 3. The number of benzene rings is 4. The number of pyridine rings is 1. The number of nitrogens with zero attached hydrogens (tertiary/aromatic N) is 3. The zero-order chi connectivity index (χ0) is 49.9. The summed E-state index contributed by atoms with van der Waals surface area (Å²) in [4.78, 5) is 11.8. The van der Waals surface area contributed by atoms with Crippen LogP contribution in [0.4, 0.5) is 0 Å². The number of aromatic amines is 1. The van der Waals surface area contributed by atoms with E-state index in [2.05, 4.69) is 153 Å². The summed E-state index contributed by atoms with van der Waals surface area (Å²) in [6.07, 6.45) is 29.4. The summed E-state index contributed by atoms with van der Waals surface area (Å²) in [7, 11) is 0. The summed E-state index contributed by atoms with van der Waals surface area (Å²) < 4.78 is 2.49. The number of nitrogens with two attached hydrogens (primary N) is 1. The maximum absolute atomic E-state index is 6.41. The molecule has 5 N–H and O–H groups in total. The van der Waals surface area contributed by atoms with Crippen LogP contribution in [0.15, 0.2) is 67.0 Å². The molecule has 7 aromatic rings. The molecule has 4 heterocycles. The number of hydrogen-bond donors (Lipinski definition) is 4. The first-order valence-corrected chi connectivity index (χ1v) is 29.0. The Balaban J connectivity index is 0.727.